The lowest BCUT2D eigenvalue weighted by molar-refractivity contribution is -0.117. The molecule has 3 nitrogen and oxygen atoms in total. The minimum atomic E-state index is -0.335. The average Bonchev–Trinajstić information content (AvgIpc) is 2.90. The number of anilines is 1. The first-order chi connectivity index (χ1) is 12.0. The van der Waals surface area contributed by atoms with Gasteiger partial charge in [0.2, 0.25) is 5.91 Å². The van der Waals surface area contributed by atoms with E-state index >= 15 is 0 Å². The predicted molar refractivity (Wildman–Crippen MR) is 100 cm³/mol. The van der Waals surface area contributed by atoms with E-state index in [0.717, 1.165) is 16.5 Å². The molecule has 0 N–H and O–H groups in total. The fourth-order valence-corrected chi connectivity index (χ4v) is 4.59. The third kappa shape index (κ3) is 2.87. The Morgan fingerprint density at radius 1 is 1.16 bits per heavy atom. The van der Waals surface area contributed by atoms with Gasteiger partial charge in [0.15, 0.2) is 0 Å². The van der Waals surface area contributed by atoms with Crippen LogP contribution >= 0.6 is 23.4 Å². The van der Waals surface area contributed by atoms with Gasteiger partial charge in [-0.2, -0.15) is 0 Å². The van der Waals surface area contributed by atoms with Gasteiger partial charge in [-0.25, -0.2) is 9.37 Å². The molecular formula is C19H14ClFN2OS. The lowest BCUT2D eigenvalue weighted by Crippen LogP contribution is -2.30. The maximum atomic E-state index is 13.3. The summed E-state index contributed by atoms with van der Waals surface area (Å²) in [6.07, 6.45) is 0. The maximum Gasteiger partial charge on any atom is 0.241 e. The van der Waals surface area contributed by atoms with E-state index in [1.54, 1.807) is 17.0 Å². The van der Waals surface area contributed by atoms with Crippen LogP contribution in [0.15, 0.2) is 54.6 Å². The number of thioether (sulfide) groups is 1. The van der Waals surface area contributed by atoms with Crippen LogP contribution in [0.25, 0.3) is 10.9 Å². The number of hydrogen-bond donors (Lipinski definition) is 0. The van der Waals surface area contributed by atoms with E-state index in [0.29, 0.717) is 10.8 Å². The molecule has 25 heavy (non-hydrogen) atoms. The van der Waals surface area contributed by atoms with Crippen LogP contribution in [0.1, 0.15) is 17.9 Å². The first kappa shape index (κ1) is 16.4. The number of carbonyl (C=O) groups is 1. The van der Waals surface area contributed by atoms with Crippen molar-refractivity contribution in [1.82, 2.24) is 4.98 Å². The number of amides is 1. The normalized spacial score (nSPS) is 20.4. The average molecular weight is 373 g/mol. The van der Waals surface area contributed by atoms with E-state index in [1.807, 2.05) is 37.3 Å². The largest absolute Gasteiger partial charge is 0.295 e. The van der Waals surface area contributed by atoms with Crippen LogP contribution in [0, 0.1) is 5.82 Å². The van der Waals surface area contributed by atoms with Gasteiger partial charge in [0.25, 0.3) is 0 Å². The number of aromatic nitrogens is 1. The Kier molecular flexibility index (Phi) is 4.13. The molecule has 1 saturated heterocycles. The van der Waals surface area contributed by atoms with Gasteiger partial charge in [-0.3, -0.25) is 9.69 Å². The summed E-state index contributed by atoms with van der Waals surface area (Å²) < 4.78 is 13.3. The molecule has 1 amide bonds. The Hall–Kier alpha value is -2.11. The van der Waals surface area contributed by atoms with Crippen molar-refractivity contribution in [1.29, 1.82) is 0 Å². The van der Waals surface area contributed by atoms with Crippen molar-refractivity contribution < 1.29 is 9.18 Å². The molecule has 1 aliphatic rings. The first-order valence-electron chi connectivity index (χ1n) is 7.84. The quantitative estimate of drug-likeness (QED) is 0.580. The molecule has 1 fully saturated rings. The van der Waals surface area contributed by atoms with Gasteiger partial charge in [-0.05, 0) is 43.3 Å². The third-order valence-corrected chi connectivity index (χ3v) is 5.86. The molecule has 2 atom stereocenters. The van der Waals surface area contributed by atoms with Crippen LogP contribution in [0.5, 0.6) is 0 Å². The number of benzene rings is 2. The number of hydrogen-bond acceptors (Lipinski definition) is 3. The van der Waals surface area contributed by atoms with Crippen LogP contribution in [0.4, 0.5) is 10.1 Å². The second-order valence-electron chi connectivity index (χ2n) is 5.88. The molecular weight excluding hydrogens is 359 g/mol. The highest BCUT2D eigenvalue weighted by Gasteiger charge is 2.40. The molecule has 3 aromatic rings. The minimum Gasteiger partial charge on any atom is -0.295 e. The molecule has 2 aromatic carbocycles. The van der Waals surface area contributed by atoms with Crippen molar-refractivity contribution in [2.75, 3.05) is 4.90 Å². The van der Waals surface area contributed by atoms with Gasteiger partial charge in [0.1, 0.15) is 16.3 Å². The fourth-order valence-electron chi connectivity index (χ4n) is 2.98. The van der Waals surface area contributed by atoms with Crippen LogP contribution in [-0.4, -0.2) is 16.1 Å². The highest BCUT2D eigenvalue weighted by molar-refractivity contribution is 8.01. The van der Waals surface area contributed by atoms with E-state index in [4.69, 9.17) is 11.6 Å². The molecule has 6 heteroatoms. The second kappa shape index (κ2) is 6.32. The smallest absolute Gasteiger partial charge is 0.241 e. The molecule has 0 spiro atoms. The van der Waals surface area contributed by atoms with Gasteiger partial charge in [-0.15, -0.1) is 11.8 Å². The Morgan fingerprint density at radius 2 is 1.88 bits per heavy atom. The van der Waals surface area contributed by atoms with Gasteiger partial charge in [-0.1, -0.05) is 29.8 Å². The van der Waals surface area contributed by atoms with Crippen molar-refractivity contribution in [2.45, 2.75) is 17.5 Å². The molecule has 0 bridgehead atoms. The summed E-state index contributed by atoms with van der Waals surface area (Å²) in [7, 11) is 0. The Bertz CT molecular complexity index is 963. The second-order valence-corrected chi connectivity index (χ2v) is 7.66. The van der Waals surface area contributed by atoms with E-state index in [1.165, 1.54) is 23.9 Å². The van der Waals surface area contributed by atoms with Crippen LogP contribution < -0.4 is 4.90 Å². The number of fused-ring (bicyclic) bond motifs is 1. The summed E-state index contributed by atoms with van der Waals surface area (Å²) >= 11 is 7.95. The SMILES string of the molecule is CC1SC(c2cc3ccccc3nc2Cl)N(c2ccc(F)cc2)C1=O. The number of nitrogens with zero attached hydrogens (tertiary/aromatic N) is 2. The molecule has 2 unspecified atom stereocenters. The van der Waals surface area contributed by atoms with Crippen molar-refractivity contribution in [2.24, 2.45) is 0 Å². The third-order valence-electron chi connectivity index (χ3n) is 4.23. The van der Waals surface area contributed by atoms with E-state index in [-0.39, 0.29) is 22.3 Å². The topological polar surface area (TPSA) is 33.2 Å². The number of para-hydroxylation sites is 1. The zero-order valence-electron chi connectivity index (χ0n) is 13.3. The summed E-state index contributed by atoms with van der Waals surface area (Å²) in [5, 5.41) is 0.842. The zero-order chi connectivity index (χ0) is 17.6. The van der Waals surface area contributed by atoms with Crippen molar-refractivity contribution in [3.8, 4) is 0 Å². The van der Waals surface area contributed by atoms with Crippen molar-refractivity contribution in [3.05, 3.63) is 71.1 Å². The molecule has 0 saturated carbocycles. The molecule has 4 rings (SSSR count). The molecule has 1 aliphatic heterocycles. The number of pyridine rings is 1. The van der Waals surface area contributed by atoms with Gasteiger partial charge >= 0.3 is 0 Å². The summed E-state index contributed by atoms with van der Waals surface area (Å²) in [6, 6.07) is 15.6. The molecule has 0 aliphatic carbocycles. The highest BCUT2D eigenvalue weighted by Crippen LogP contribution is 2.47. The predicted octanol–water partition coefficient (Wildman–Crippen LogP) is 5.19. The fraction of sp³-hybridized carbons (Fsp3) is 0.158. The highest BCUT2D eigenvalue weighted by atomic mass is 35.5. The van der Waals surface area contributed by atoms with E-state index in [9.17, 15) is 9.18 Å². The minimum absolute atomic E-state index is 0.0224. The maximum absolute atomic E-state index is 13.3. The lowest BCUT2D eigenvalue weighted by atomic mass is 10.1. The molecule has 0 radical (unpaired) electrons. The summed E-state index contributed by atoms with van der Waals surface area (Å²) in [4.78, 5) is 18.8. The Morgan fingerprint density at radius 3 is 2.64 bits per heavy atom. The molecule has 2 heterocycles. The van der Waals surface area contributed by atoms with Crippen LogP contribution in [0.2, 0.25) is 5.15 Å². The standard InChI is InChI=1S/C19H14ClFN2OS/c1-11-18(24)23(14-8-6-13(21)7-9-14)19(25-11)15-10-12-4-2-3-5-16(12)22-17(15)20/h2-11,19H,1H3. The van der Waals surface area contributed by atoms with Crippen LogP contribution in [-0.2, 0) is 4.79 Å². The van der Waals surface area contributed by atoms with Gasteiger partial charge in [0, 0.05) is 16.6 Å². The van der Waals surface area contributed by atoms with E-state index in [2.05, 4.69) is 4.98 Å². The molecule has 126 valence electrons. The summed E-state index contributed by atoms with van der Waals surface area (Å²) in [5.74, 6) is -0.358. The summed E-state index contributed by atoms with van der Waals surface area (Å²) in [6.45, 7) is 1.87. The summed E-state index contributed by atoms with van der Waals surface area (Å²) in [5.41, 5.74) is 2.25. The van der Waals surface area contributed by atoms with Crippen LogP contribution in [0.3, 0.4) is 0 Å². The Labute approximate surface area is 153 Å². The van der Waals surface area contributed by atoms with Crippen molar-refractivity contribution >= 4 is 45.9 Å². The Balaban J connectivity index is 1.83. The first-order valence-corrected chi connectivity index (χ1v) is 9.16. The van der Waals surface area contributed by atoms with Gasteiger partial charge in [0.05, 0.1) is 10.8 Å². The van der Waals surface area contributed by atoms with Gasteiger partial charge < -0.3 is 0 Å². The van der Waals surface area contributed by atoms with Crippen molar-refractivity contribution in [3.63, 3.8) is 0 Å². The molecule has 1 aromatic heterocycles. The van der Waals surface area contributed by atoms with E-state index < -0.39 is 0 Å². The lowest BCUT2D eigenvalue weighted by Gasteiger charge is -2.25. The zero-order valence-corrected chi connectivity index (χ0v) is 14.9. The number of halogens is 2. The number of carbonyl (C=O) groups excluding carboxylic acids is 1. The number of rotatable bonds is 2. The monoisotopic (exact) mass is 372 g/mol.